The van der Waals surface area contributed by atoms with Gasteiger partial charge in [0.15, 0.2) is 17.5 Å². The van der Waals surface area contributed by atoms with E-state index in [0.29, 0.717) is 93.6 Å². The number of aliphatic imine (C=N–C) groups is 1. The average molecular weight is 957 g/mol. The van der Waals surface area contributed by atoms with Crippen LogP contribution in [0.15, 0.2) is 46.8 Å². The summed E-state index contributed by atoms with van der Waals surface area (Å²) in [7, 11) is 3.98. The van der Waals surface area contributed by atoms with Gasteiger partial charge in [0.1, 0.15) is 16.1 Å². The Morgan fingerprint density at radius 1 is 1.00 bits per heavy atom. The number of hydrogen-bond donors (Lipinski definition) is 6. The number of dihydropyridines is 1. The van der Waals surface area contributed by atoms with E-state index in [2.05, 4.69) is 34.9 Å². The molecule has 6 aliphatic heterocycles. The number of hydrogen-bond acceptors (Lipinski definition) is 13. The fraction of sp³-hybridized carbons (Fsp3) is 0.717. The van der Waals surface area contributed by atoms with Gasteiger partial charge in [0, 0.05) is 85.5 Å². The molecule has 4 saturated carbocycles. The highest BCUT2D eigenvalue weighted by molar-refractivity contribution is 8.77. The van der Waals surface area contributed by atoms with Crippen LogP contribution < -0.4 is 26.8 Å². The number of phenols is 1. The molecular formula is C53H76N6O6S2. The molecule has 5 aliphatic carbocycles. The van der Waals surface area contributed by atoms with E-state index >= 15 is 0 Å². The van der Waals surface area contributed by atoms with Gasteiger partial charge < -0.3 is 46.7 Å². The summed E-state index contributed by atoms with van der Waals surface area (Å²) in [5.41, 5.74) is 15.6. The fourth-order valence-electron chi connectivity index (χ4n) is 14.7. The van der Waals surface area contributed by atoms with Crippen molar-refractivity contribution in [1.29, 1.82) is 0 Å². The third-order valence-corrected chi connectivity index (χ3v) is 21.4. The van der Waals surface area contributed by atoms with Crippen LogP contribution >= 0.6 is 21.6 Å². The number of nitrogens with two attached hydrogens (primary N) is 2. The Morgan fingerprint density at radius 3 is 2.67 bits per heavy atom. The number of ether oxygens (including phenoxy) is 2. The van der Waals surface area contributed by atoms with Gasteiger partial charge in [0.2, 0.25) is 5.91 Å². The number of esters is 1. The van der Waals surface area contributed by atoms with E-state index in [1.54, 1.807) is 0 Å². The molecule has 0 radical (unpaired) electrons. The molecule has 12 rings (SSSR count). The quantitative estimate of drug-likeness (QED) is 0.0963. The third kappa shape index (κ3) is 9.34. The van der Waals surface area contributed by atoms with E-state index in [4.69, 9.17) is 25.9 Å². The first-order valence-corrected chi connectivity index (χ1v) is 28.3. The molecule has 0 aromatic heterocycles. The number of nitrogens with zero attached hydrogens (tertiary/aromatic N) is 2. The lowest BCUT2D eigenvalue weighted by Gasteiger charge is -2.44. The molecule has 1 amide bonds. The van der Waals surface area contributed by atoms with Gasteiger partial charge in [0.25, 0.3) is 0 Å². The number of aliphatic hydroxyl groups excluding tert-OH is 1. The summed E-state index contributed by atoms with van der Waals surface area (Å²) in [6.07, 6.45) is 29.7. The number of benzene rings is 1. The van der Waals surface area contributed by atoms with E-state index < -0.39 is 22.7 Å². The summed E-state index contributed by atoms with van der Waals surface area (Å²) < 4.78 is 13.4. The number of carbonyl (C=O) groups excluding carboxylic acids is 2. The molecule has 12 nitrogen and oxygen atoms in total. The summed E-state index contributed by atoms with van der Waals surface area (Å²) >= 11 is 0. The van der Waals surface area contributed by atoms with Crippen LogP contribution in [0.2, 0.25) is 0 Å². The Morgan fingerprint density at radius 2 is 1.85 bits per heavy atom. The molecule has 5 fully saturated rings. The Balaban J connectivity index is 0.994. The summed E-state index contributed by atoms with van der Waals surface area (Å²) in [6, 6.07) is 2.11. The molecule has 8 unspecified atom stereocenters. The molecular weight excluding hydrogens is 881 g/mol. The van der Waals surface area contributed by atoms with Crippen molar-refractivity contribution in [2.75, 3.05) is 25.4 Å². The minimum Gasteiger partial charge on any atom is -0.504 e. The van der Waals surface area contributed by atoms with Crippen molar-refractivity contribution < 1.29 is 29.3 Å². The average Bonchev–Trinajstić information content (AvgIpc) is 4.04. The summed E-state index contributed by atoms with van der Waals surface area (Å²) in [6.45, 7) is 3.36. The number of amides is 1. The molecule has 3 spiro atoms. The van der Waals surface area contributed by atoms with Crippen molar-refractivity contribution >= 4 is 39.4 Å². The number of aryl methyl sites for hydroxylation is 1. The van der Waals surface area contributed by atoms with E-state index in [9.17, 15) is 19.8 Å². The Labute approximate surface area is 406 Å². The first kappa shape index (κ1) is 47.2. The highest BCUT2D eigenvalue weighted by Gasteiger charge is 2.57. The Bertz CT molecular complexity index is 2190. The van der Waals surface area contributed by atoms with Crippen LogP contribution in [0.5, 0.6) is 11.5 Å². The predicted molar refractivity (Wildman–Crippen MR) is 267 cm³/mol. The first-order valence-electron chi connectivity index (χ1n) is 26.0. The van der Waals surface area contributed by atoms with Gasteiger partial charge in [0.05, 0.1) is 11.9 Å². The van der Waals surface area contributed by atoms with Crippen molar-refractivity contribution in [2.24, 2.45) is 39.1 Å². The smallest absolute Gasteiger partial charge is 0.303 e. The molecule has 6 heterocycles. The molecule has 1 saturated heterocycles. The minimum absolute atomic E-state index is 0.0491. The van der Waals surface area contributed by atoms with E-state index in [0.717, 1.165) is 86.7 Å². The molecule has 67 heavy (non-hydrogen) atoms. The van der Waals surface area contributed by atoms with Crippen LogP contribution in [0.3, 0.4) is 0 Å². The summed E-state index contributed by atoms with van der Waals surface area (Å²) in [4.78, 5) is 34.2. The van der Waals surface area contributed by atoms with Gasteiger partial charge in [-0.2, -0.15) is 0 Å². The van der Waals surface area contributed by atoms with Crippen LogP contribution in [0, 0.1) is 22.7 Å². The van der Waals surface area contributed by atoms with E-state index in [-0.39, 0.29) is 46.3 Å². The number of phenolic OH excluding ortho intramolecular Hbond substituents is 1. The molecule has 14 heteroatoms. The largest absolute Gasteiger partial charge is 0.504 e. The zero-order valence-electron chi connectivity index (χ0n) is 39.9. The molecule has 8 bridgehead atoms. The van der Waals surface area contributed by atoms with Crippen LogP contribution in [0.25, 0.3) is 0 Å². The van der Waals surface area contributed by atoms with Gasteiger partial charge in [-0.15, -0.1) is 0 Å². The van der Waals surface area contributed by atoms with Crippen molar-refractivity contribution in [1.82, 2.24) is 15.5 Å². The minimum atomic E-state index is -0.793. The second-order valence-corrected chi connectivity index (χ2v) is 25.1. The zero-order chi connectivity index (χ0) is 46.4. The number of nitrogens with one attached hydrogen (secondary N) is 2. The molecule has 8 N–H and O–H groups in total. The maximum Gasteiger partial charge on any atom is 0.303 e. The Hall–Kier alpha value is -3.49. The lowest BCUT2D eigenvalue weighted by atomic mass is 9.72. The molecule has 1 aromatic carbocycles. The second-order valence-electron chi connectivity index (χ2n) is 22.4. The fourth-order valence-corrected chi connectivity index (χ4v) is 18.3. The zero-order valence-corrected chi connectivity index (χ0v) is 41.5. The number of aromatic hydroxyl groups is 1. The van der Waals surface area contributed by atoms with Gasteiger partial charge in [-0.1, -0.05) is 59.4 Å². The molecule has 11 aliphatic rings. The number of carbonyl (C=O) groups is 2. The third-order valence-electron chi connectivity index (χ3n) is 18.1. The Kier molecular flexibility index (Phi) is 13.4. The number of allylic oxidation sites excluding steroid dienone is 3. The number of fused-ring (bicyclic) bond motifs is 12. The normalized spacial score (nSPS) is 36.6. The summed E-state index contributed by atoms with van der Waals surface area (Å²) in [5, 5.41) is 31.3. The van der Waals surface area contributed by atoms with E-state index in [1.165, 1.54) is 45.4 Å². The maximum atomic E-state index is 14.5. The van der Waals surface area contributed by atoms with E-state index in [1.807, 2.05) is 32.6 Å². The van der Waals surface area contributed by atoms with Crippen LogP contribution in [0.4, 0.5) is 0 Å². The van der Waals surface area contributed by atoms with Crippen LogP contribution in [0.1, 0.15) is 171 Å². The number of rotatable bonds is 3. The van der Waals surface area contributed by atoms with Gasteiger partial charge in [-0.25, -0.2) is 0 Å². The van der Waals surface area contributed by atoms with Gasteiger partial charge in [-0.3, -0.25) is 14.6 Å². The van der Waals surface area contributed by atoms with Crippen molar-refractivity contribution in [3.63, 3.8) is 0 Å². The second kappa shape index (κ2) is 19.0. The van der Waals surface area contributed by atoms with Crippen LogP contribution in [-0.4, -0.2) is 80.5 Å². The maximum absolute atomic E-state index is 14.5. The van der Waals surface area contributed by atoms with Crippen molar-refractivity contribution in [3.8, 4) is 11.5 Å². The van der Waals surface area contributed by atoms with Gasteiger partial charge in [-0.05, 0) is 144 Å². The molecule has 366 valence electrons. The predicted octanol–water partition coefficient (Wildman–Crippen LogP) is 8.89. The monoisotopic (exact) mass is 957 g/mol. The lowest BCUT2D eigenvalue weighted by molar-refractivity contribution is -0.168. The number of guanidine groups is 1. The van der Waals surface area contributed by atoms with Gasteiger partial charge >= 0.3 is 5.97 Å². The lowest BCUT2D eigenvalue weighted by Crippen LogP contribution is -2.55. The van der Waals surface area contributed by atoms with Crippen LogP contribution in [-0.2, 0) is 27.3 Å². The topological polar surface area (TPSA) is 185 Å². The molecule has 8 atom stereocenters. The highest BCUT2D eigenvalue weighted by atomic mass is 33.1. The highest BCUT2D eigenvalue weighted by Crippen LogP contribution is 2.63. The standard InChI is InChI=1S/C53H76N6O6S2/c1-35(60)64-51-20-11-37(42(61)31-51)9-3-2-6-26-66-67-53(19-8-17-50(53)15-4-5-16-50)58-48(55)57-25-23-49(30-36-14-24-56-43(54)27-36)32-44(62)59(34-49)33-40-28-38(12-21-51)45-39-13-22-52(65-47(45)46(40)63)18-7-10-41(52)29-39/h13-14,22,27-28,37,39,41-42,56,61,63H,2-12,15-21,23-26,29-34,54H2,1H3,(H3,55,57,58). The number of aliphatic hydroxyl groups is 1. The van der Waals surface area contributed by atoms with Crippen molar-refractivity contribution in [3.05, 3.63) is 58.5 Å². The summed E-state index contributed by atoms with van der Waals surface area (Å²) in [5.74, 6) is 3.23. The molecule has 1 aromatic rings. The SMILES string of the molecule is CC(=O)OC12CCc3cc(c(O)c4c3C3C=CC5(CCCC5C3)O4)CN3CC(CC4=CCNC(N)=C4)(CCN=C(N)NC4(CCCC45CCCC5)SSCCCCCC(CC1)C(O)C2)CC3=O. The first-order chi connectivity index (χ1) is 32.3. The van der Waals surface area contributed by atoms with Crippen molar-refractivity contribution in [2.45, 2.75) is 189 Å².